The third-order valence-electron chi connectivity index (χ3n) is 2.92. The maximum Gasteiger partial charge on any atom is 0.101 e. The van der Waals surface area contributed by atoms with Crippen LogP contribution < -0.4 is 5.32 Å². The van der Waals surface area contributed by atoms with Gasteiger partial charge in [0.25, 0.3) is 0 Å². The van der Waals surface area contributed by atoms with Crippen molar-refractivity contribution in [2.45, 2.75) is 46.1 Å². The summed E-state index contributed by atoms with van der Waals surface area (Å²) < 4.78 is 0.942. The van der Waals surface area contributed by atoms with Crippen molar-refractivity contribution in [1.82, 2.24) is 0 Å². The molecule has 1 unspecified atom stereocenters. The number of anilines is 1. The molecule has 1 rings (SSSR count). The zero-order valence-corrected chi connectivity index (χ0v) is 12.9. The monoisotopic (exact) mass is 308 g/mol. The molecule has 3 heteroatoms. The Kier molecular flexibility index (Phi) is 6.21. The van der Waals surface area contributed by atoms with E-state index >= 15 is 0 Å². The lowest BCUT2D eigenvalue weighted by Crippen LogP contribution is -2.16. The molecule has 0 fully saturated rings. The Morgan fingerprint density at radius 3 is 2.61 bits per heavy atom. The van der Waals surface area contributed by atoms with E-state index in [0.29, 0.717) is 11.6 Å². The molecule has 98 valence electrons. The first-order chi connectivity index (χ1) is 8.52. The molecular weight excluding hydrogens is 288 g/mol. The van der Waals surface area contributed by atoms with Crippen LogP contribution in [-0.4, -0.2) is 6.04 Å². The molecule has 1 aromatic rings. The van der Waals surface area contributed by atoms with E-state index in [9.17, 15) is 0 Å². The first kappa shape index (κ1) is 15.0. The maximum absolute atomic E-state index is 9.09. The number of nitrogens with one attached hydrogen (secondary N) is 1. The highest BCUT2D eigenvalue weighted by Gasteiger charge is 2.07. The van der Waals surface area contributed by atoms with Crippen molar-refractivity contribution in [1.29, 1.82) is 5.26 Å². The van der Waals surface area contributed by atoms with Gasteiger partial charge in [0, 0.05) is 10.5 Å². The predicted molar refractivity (Wildman–Crippen MR) is 80.6 cm³/mol. The van der Waals surface area contributed by atoms with E-state index in [1.807, 2.05) is 18.2 Å². The fraction of sp³-hybridized carbons (Fsp3) is 0.533. The lowest BCUT2D eigenvalue weighted by Gasteiger charge is -2.16. The lowest BCUT2D eigenvalue weighted by atomic mass is 10.0. The average Bonchev–Trinajstić information content (AvgIpc) is 2.31. The third kappa shape index (κ3) is 5.10. The van der Waals surface area contributed by atoms with E-state index in [1.165, 1.54) is 12.8 Å². The first-order valence-corrected chi connectivity index (χ1v) is 7.28. The average molecular weight is 309 g/mol. The van der Waals surface area contributed by atoms with Gasteiger partial charge in [-0.05, 0) is 37.5 Å². The standard InChI is InChI=1S/C15H21BrN2/c1-11(2)5-4-6-12(3)18-15-8-7-14(16)9-13(15)10-17/h7-9,11-12,18H,4-6H2,1-3H3. The Morgan fingerprint density at radius 1 is 1.28 bits per heavy atom. The molecule has 18 heavy (non-hydrogen) atoms. The highest BCUT2D eigenvalue weighted by molar-refractivity contribution is 9.10. The summed E-state index contributed by atoms with van der Waals surface area (Å²) in [6.45, 7) is 6.67. The minimum Gasteiger partial charge on any atom is -0.382 e. The number of benzene rings is 1. The van der Waals surface area contributed by atoms with Crippen molar-refractivity contribution >= 4 is 21.6 Å². The van der Waals surface area contributed by atoms with Gasteiger partial charge in [0.2, 0.25) is 0 Å². The van der Waals surface area contributed by atoms with E-state index in [0.717, 1.165) is 22.5 Å². The molecule has 2 nitrogen and oxygen atoms in total. The Hall–Kier alpha value is -1.01. The van der Waals surface area contributed by atoms with Crippen LogP contribution in [-0.2, 0) is 0 Å². The molecule has 0 heterocycles. The van der Waals surface area contributed by atoms with Crippen LogP contribution in [0, 0.1) is 17.2 Å². The van der Waals surface area contributed by atoms with Gasteiger partial charge in [-0.2, -0.15) is 5.26 Å². The summed E-state index contributed by atoms with van der Waals surface area (Å²) in [6, 6.07) is 8.40. The Labute approximate surface area is 119 Å². The van der Waals surface area contributed by atoms with E-state index in [1.54, 1.807) is 0 Å². The normalized spacial score (nSPS) is 12.2. The Balaban J connectivity index is 2.54. The van der Waals surface area contributed by atoms with Crippen molar-refractivity contribution in [2.24, 2.45) is 5.92 Å². The van der Waals surface area contributed by atoms with Gasteiger partial charge in [0.15, 0.2) is 0 Å². The van der Waals surface area contributed by atoms with E-state index in [-0.39, 0.29) is 0 Å². The predicted octanol–water partition coefficient (Wildman–Crippen LogP) is 4.95. The lowest BCUT2D eigenvalue weighted by molar-refractivity contribution is 0.520. The molecule has 0 aliphatic heterocycles. The van der Waals surface area contributed by atoms with E-state index in [4.69, 9.17) is 5.26 Å². The molecule has 1 atom stereocenters. The van der Waals surface area contributed by atoms with Crippen molar-refractivity contribution in [3.05, 3.63) is 28.2 Å². The Bertz CT molecular complexity index is 421. The largest absolute Gasteiger partial charge is 0.382 e. The van der Waals surface area contributed by atoms with Crippen molar-refractivity contribution in [3.8, 4) is 6.07 Å². The summed E-state index contributed by atoms with van der Waals surface area (Å²) in [5.74, 6) is 0.763. The second-order valence-corrected chi connectivity index (χ2v) is 6.09. The molecule has 0 bridgehead atoms. The van der Waals surface area contributed by atoms with Crippen LogP contribution in [0.15, 0.2) is 22.7 Å². The maximum atomic E-state index is 9.09. The summed E-state index contributed by atoms with van der Waals surface area (Å²) in [7, 11) is 0. The molecule has 0 saturated carbocycles. The summed E-state index contributed by atoms with van der Waals surface area (Å²) in [5, 5.41) is 12.5. The molecule has 0 aliphatic rings. The highest BCUT2D eigenvalue weighted by atomic mass is 79.9. The molecule has 0 radical (unpaired) electrons. The van der Waals surface area contributed by atoms with Crippen LogP contribution in [0.3, 0.4) is 0 Å². The number of halogens is 1. The summed E-state index contributed by atoms with van der Waals surface area (Å²) in [4.78, 5) is 0. The summed E-state index contributed by atoms with van der Waals surface area (Å²) in [6.07, 6.45) is 3.63. The van der Waals surface area contributed by atoms with Crippen molar-refractivity contribution in [3.63, 3.8) is 0 Å². The number of nitrogens with zero attached hydrogens (tertiary/aromatic N) is 1. The molecule has 1 N–H and O–H groups in total. The smallest absolute Gasteiger partial charge is 0.101 e. The molecule has 0 saturated heterocycles. The van der Waals surface area contributed by atoms with Gasteiger partial charge in [-0.25, -0.2) is 0 Å². The van der Waals surface area contributed by atoms with Gasteiger partial charge in [-0.15, -0.1) is 0 Å². The molecule has 0 spiro atoms. The van der Waals surface area contributed by atoms with Crippen LogP contribution in [0.5, 0.6) is 0 Å². The molecule has 0 aromatic heterocycles. The van der Waals surface area contributed by atoms with Gasteiger partial charge >= 0.3 is 0 Å². The fourth-order valence-corrected chi connectivity index (χ4v) is 2.27. The zero-order chi connectivity index (χ0) is 13.5. The van der Waals surface area contributed by atoms with Crippen LogP contribution in [0.2, 0.25) is 0 Å². The molecular formula is C15H21BrN2. The second kappa shape index (κ2) is 7.43. The van der Waals surface area contributed by atoms with Gasteiger partial charge in [0.1, 0.15) is 6.07 Å². The number of hydrogen-bond acceptors (Lipinski definition) is 2. The van der Waals surface area contributed by atoms with E-state index in [2.05, 4.69) is 48.1 Å². The van der Waals surface area contributed by atoms with Gasteiger partial charge < -0.3 is 5.32 Å². The quantitative estimate of drug-likeness (QED) is 0.807. The van der Waals surface area contributed by atoms with Crippen LogP contribution in [0.25, 0.3) is 0 Å². The molecule has 1 aromatic carbocycles. The number of nitriles is 1. The molecule has 0 aliphatic carbocycles. The fourth-order valence-electron chi connectivity index (χ4n) is 1.90. The summed E-state index contributed by atoms with van der Waals surface area (Å²) >= 11 is 3.38. The number of rotatable bonds is 6. The van der Waals surface area contributed by atoms with Gasteiger partial charge in [-0.3, -0.25) is 0 Å². The van der Waals surface area contributed by atoms with Crippen molar-refractivity contribution < 1.29 is 0 Å². The molecule has 0 amide bonds. The third-order valence-corrected chi connectivity index (χ3v) is 3.42. The minimum atomic E-state index is 0.400. The van der Waals surface area contributed by atoms with Gasteiger partial charge in [-0.1, -0.05) is 42.6 Å². The second-order valence-electron chi connectivity index (χ2n) is 5.17. The minimum absolute atomic E-state index is 0.400. The van der Waals surface area contributed by atoms with Crippen LogP contribution in [0.1, 0.15) is 45.6 Å². The first-order valence-electron chi connectivity index (χ1n) is 6.49. The topological polar surface area (TPSA) is 35.8 Å². The highest BCUT2D eigenvalue weighted by Crippen LogP contribution is 2.22. The number of hydrogen-bond donors (Lipinski definition) is 1. The summed E-state index contributed by atoms with van der Waals surface area (Å²) in [5.41, 5.74) is 1.62. The zero-order valence-electron chi connectivity index (χ0n) is 11.3. The Morgan fingerprint density at radius 2 is 2.00 bits per heavy atom. The van der Waals surface area contributed by atoms with Gasteiger partial charge in [0.05, 0.1) is 11.3 Å². The van der Waals surface area contributed by atoms with Crippen LogP contribution >= 0.6 is 15.9 Å². The van der Waals surface area contributed by atoms with Crippen molar-refractivity contribution in [2.75, 3.05) is 5.32 Å². The SMILES string of the molecule is CC(C)CCCC(C)Nc1ccc(Br)cc1C#N. The van der Waals surface area contributed by atoms with E-state index < -0.39 is 0 Å². The van der Waals surface area contributed by atoms with Crippen LogP contribution in [0.4, 0.5) is 5.69 Å².